The van der Waals surface area contributed by atoms with E-state index < -0.39 is 0 Å². The van der Waals surface area contributed by atoms with E-state index in [1.165, 1.54) is 5.56 Å². The highest BCUT2D eigenvalue weighted by atomic mass is 16.1. The molecular weight excluding hydrogens is 346 g/mol. The molecule has 1 N–H and O–H groups in total. The summed E-state index contributed by atoms with van der Waals surface area (Å²) in [7, 11) is 0. The minimum absolute atomic E-state index is 0.0531. The van der Waals surface area contributed by atoms with Crippen LogP contribution in [-0.2, 0) is 13.0 Å². The van der Waals surface area contributed by atoms with E-state index in [1.54, 1.807) is 6.20 Å². The largest absolute Gasteiger partial charge is 0.348 e. The van der Waals surface area contributed by atoms with Crippen LogP contribution in [-0.4, -0.2) is 15.7 Å². The van der Waals surface area contributed by atoms with Gasteiger partial charge in [0.25, 0.3) is 5.91 Å². The van der Waals surface area contributed by atoms with Gasteiger partial charge < -0.3 is 5.32 Å². The van der Waals surface area contributed by atoms with Gasteiger partial charge in [-0.25, -0.2) is 4.68 Å². The van der Waals surface area contributed by atoms with Gasteiger partial charge in [0.15, 0.2) is 0 Å². The average Bonchev–Trinajstić information content (AvgIpc) is 3.28. The number of nitrogens with zero attached hydrogens (tertiary/aromatic N) is 2. The number of amides is 1. The van der Waals surface area contributed by atoms with Gasteiger partial charge in [-0.1, -0.05) is 60.7 Å². The lowest BCUT2D eigenvalue weighted by Gasteiger charge is -2.11. The highest BCUT2D eigenvalue weighted by molar-refractivity contribution is 5.95. The summed E-state index contributed by atoms with van der Waals surface area (Å²) in [6.45, 7) is 0.484. The third-order valence-electron chi connectivity index (χ3n) is 4.66. The fourth-order valence-electron chi connectivity index (χ4n) is 3.18. The molecule has 0 radical (unpaired) electrons. The van der Waals surface area contributed by atoms with Crippen molar-refractivity contribution in [2.75, 3.05) is 0 Å². The highest BCUT2D eigenvalue weighted by Gasteiger charge is 2.11. The van der Waals surface area contributed by atoms with E-state index in [2.05, 4.69) is 22.5 Å². The van der Waals surface area contributed by atoms with Crippen LogP contribution in [0.2, 0.25) is 0 Å². The van der Waals surface area contributed by atoms with Crippen molar-refractivity contribution < 1.29 is 4.79 Å². The van der Waals surface area contributed by atoms with Gasteiger partial charge in [-0.2, -0.15) is 5.10 Å². The second kappa shape index (κ2) is 8.35. The first kappa shape index (κ1) is 17.7. The second-order valence-corrected chi connectivity index (χ2v) is 6.62. The van der Waals surface area contributed by atoms with Crippen LogP contribution in [0.4, 0.5) is 0 Å². The smallest absolute Gasteiger partial charge is 0.251 e. The molecule has 4 heteroatoms. The minimum Gasteiger partial charge on any atom is -0.348 e. The SMILES string of the molecule is O=C(NCc1ccc(-n2cccn2)cc1)c1ccccc1Cc1ccccc1. The van der Waals surface area contributed by atoms with Crippen LogP contribution in [0.25, 0.3) is 5.69 Å². The Hall–Kier alpha value is -3.66. The van der Waals surface area contributed by atoms with E-state index in [1.807, 2.05) is 83.7 Å². The zero-order valence-electron chi connectivity index (χ0n) is 15.5. The standard InChI is InChI=1S/C24H21N3O/c28-24(23-10-5-4-9-21(23)17-19-7-2-1-3-8-19)25-18-20-11-13-22(14-12-20)27-16-6-15-26-27/h1-16H,17-18H2,(H,25,28). The van der Waals surface area contributed by atoms with E-state index in [9.17, 15) is 4.79 Å². The molecule has 0 aliphatic heterocycles. The Labute approximate surface area is 164 Å². The van der Waals surface area contributed by atoms with E-state index in [4.69, 9.17) is 0 Å². The molecule has 1 aromatic heterocycles. The van der Waals surface area contributed by atoms with E-state index >= 15 is 0 Å². The van der Waals surface area contributed by atoms with Crippen molar-refractivity contribution in [3.05, 3.63) is 120 Å². The van der Waals surface area contributed by atoms with Crippen LogP contribution in [0, 0.1) is 0 Å². The first-order valence-electron chi connectivity index (χ1n) is 9.28. The van der Waals surface area contributed by atoms with Crippen molar-refractivity contribution in [2.24, 2.45) is 0 Å². The lowest BCUT2D eigenvalue weighted by molar-refractivity contribution is 0.0950. The number of rotatable bonds is 6. The van der Waals surface area contributed by atoms with Gasteiger partial charge in [0.2, 0.25) is 0 Å². The molecule has 138 valence electrons. The van der Waals surface area contributed by atoms with E-state index in [0.717, 1.165) is 28.8 Å². The second-order valence-electron chi connectivity index (χ2n) is 6.62. The summed E-state index contributed by atoms with van der Waals surface area (Å²) < 4.78 is 1.81. The van der Waals surface area contributed by atoms with Crippen molar-refractivity contribution in [1.29, 1.82) is 0 Å². The molecule has 0 saturated heterocycles. The molecule has 4 nitrogen and oxygen atoms in total. The fourth-order valence-corrected chi connectivity index (χ4v) is 3.18. The molecule has 28 heavy (non-hydrogen) atoms. The fraction of sp³-hybridized carbons (Fsp3) is 0.0833. The van der Waals surface area contributed by atoms with E-state index in [0.29, 0.717) is 6.54 Å². The molecule has 0 aliphatic carbocycles. The van der Waals surface area contributed by atoms with Gasteiger partial charge in [0.1, 0.15) is 0 Å². The highest BCUT2D eigenvalue weighted by Crippen LogP contribution is 2.15. The summed E-state index contributed by atoms with van der Waals surface area (Å²) >= 11 is 0. The summed E-state index contributed by atoms with van der Waals surface area (Å²) in [4.78, 5) is 12.8. The molecule has 4 rings (SSSR count). The van der Waals surface area contributed by atoms with Gasteiger partial charge in [-0.05, 0) is 47.4 Å². The van der Waals surface area contributed by atoms with Crippen molar-refractivity contribution in [3.63, 3.8) is 0 Å². The van der Waals surface area contributed by atoms with Crippen molar-refractivity contribution >= 4 is 5.91 Å². The molecule has 1 heterocycles. The topological polar surface area (TPSA) is 46.9 Å². The first-order chi connectivity index (χ1) is 13.8. The van der Waals surface area contributed by atoms with Gasteiger partial charge in [0, 0.05) is 24.5 Å². The first-order valence-corrected chi connectivity index (χ1v) is 9.28. The Bertz CT molecular complexity index is 1040. The number of aromatic nitrogens is 2. The maximum absolute atomic E-state index is 12.8. The van der Waals surface area contributed by atoms with Crippen LogP contribution >= 0.6 is 0 Å². The molecule has 0 fully saturated rings. The Balaban J connectivity index is 1.43. The lowest BCUT2D eigenvalue weighted by atomic mass is 9.99. The molecule has 3 aromatic carbocycles. The van der Waals surface area contributed by atoms with Gasteiger partial charge in [-0.3, -0.25) is 4.79 Å². The minimum atomic E-state index is -0.0531. The third kappa shape index (κ3) is 4.18. The molecule has 0 spiro atoms. The summed E-state index contributed by atoms with van der Waals surface area (Å²) in [5.41, 5.74) is 4.98. The Morgan fingerprint density at radius 2 is 1.57 bits per heavy atom. The molecule has 0 saturated carbocycles. The number of nitrogens with one attached hydrogen (secondary N) is 1. The van der Waals surface area contributed by atoms with Crippen LogP contribution < -0.4 is 5.32 Å². The van der Waals surface area contributed by atoms with Crippen LogP contribution in [0.1, 0.15) is 27.0 Å². The zero-order valence-corrected chi connectivity index (χ0v) is 15.5. The quantitative estimate of drug-likeness (QED) is 0.549. The van der Waals surface area contributed by atoms with Gasteiger partial charge in [0.05, 0.1) is 5.69 Å². The molecular formula is C24H21N3O. The number of carbonyl (C=O) groups excluding carboxylic acids is 1. The van der Waals surface area contributed by atoms with E-state index in [-0.39, 0.29) is 5.91 Å². The predicted octanol–water partition coefficient (Wildman–Crippen LogP) is 4.39. The Kier molecular flexibility index (Phi) is 5.29. The summed E-state index contributed by atoms with van der Waals surface area (Å²) in [6, 6.07) is 27.9. The van der Waals surface area contributed by atoms with Gasteiger partial charge >= 0.3 is 0 Å². The van der Waals surface area contributed by atoms with Crippen LogP contribution in [0.15, 0.2) is 97.3 Å². The van der Waals surface area contributed by atoms with Crippen LogP contribution in [0.3, 0.4) is 0 Å². The Morgan fingerprint density at radius 1 is 0.821 bits per heavy atom. The van der Waals surface area contributed by atoms with Crippen molar-refractivity contribution in [2.45, 2.75) is 13.0 Å². The van der Waals surface area contributed by atoms with Gasteiger partial charge in [-0.15, -0.1) is 0 Å². The summed E-state index contributed by atoms with van der Waals surface area (Å²) in [5, 5.41) is 7.26. The zero-order chi connectivity index (χ0) is 19.2. The van der Waals surface area contributed by atoms with Crippen molar-refractivity contribution in [1.82, 2.24) is 15.1 Å². The summed E-state index contributed by atoms with van der Waals surface area (Å²) in [6.07, 6.45) is 4.39. The lowest BCUT2D eigenvalue weighted by Crippen LogP contribution is -2.24. The molecule has 4 aromatic rings. The molecule has 0 aliphatic rings. The maximum Gasteiger partial charge on any atom is 0.251 e. The van der Waals surface area contributed by atoms with Crippen LogP contribution in [0.5, 0.6) is 0 Å². The molecule has 1 amide bonds. The molecule has 0 bridgehead atoms. The third-order valence-corrected chi connectivity index (χ3v) is 4.66. The number of hydrogen-bond acceptors (Lipinski definition) is 2. The number of carbonyl (C=O) groups is 1. The maximum atomic E-state index is 12.8. The predicted molar refractivity (Wildman–Crippen MR) is 110 cm³/mol. The normalized spacial score (nSPS) is 10.6. The number of hydrogen-bond donors (Lipinski definition) is 1. The Morgan fingerprint density at radius 3 is 2.32 bits per heavy atom. The summed E-state index contributed by atoms with van der Waals surface area (Å²) in [5.74, 6) is -0.0531. The molecule has 0 atom stereocenters. The average molecular weight is 367 g/mol. The van der Waals surface area contributed by atoms with Crippen molar-refractivity contribution in [3.8, 4) is 5.69 Å². The number of benzene rings is 3. The monoisotopic (exact) mass is 367 g/mol. The molecule has 0 unspecified atom stereocenters.